The molecule has 4 nitrogen and oxygen atoms in total. The normalized spacial score (nSPS) is 24.8. The molecule has 2 aliphatic heterocycles. The zero-order valence-electron chi connectivity index (χ0n) is 12.4. The van der Waals surface area contributed by atoms with Crippen LogP contribution in [0.5, 0.6) is 0 Å². The summed E-state index contributed by atoms with van der Waals surface area (Å²) in [6.45, 7) is 5.69. The molecule has 1 aromatic rings. The van der Waals surface area contributed by atoms with Crippen LogP contribution in [0, 0.1) is 0 Å². The molecule has 3 rings (SSSR count). The molecular weight excluding hydrogens is 286 g/mol. The lowest BCUT2D eigenvalue weighted by Gasteiger charge is -2.31. The van der Waals surface area contributed by atoms with Crippen LogP contribution in [0.15, 0.2) is 24.3 Å². The van der Waals surface area contributed by atoms with E-state index in [0.717, 1.165) is 25.2 Å². The quantitative estimate of drug-likeness (QED) is 0.927. The van der Waals surface area contributed by atoms with Gasteiger partial charge in [0, 0.05) is 17.6 Å². The van der Waals surface area contributed by atoms with Gasteiger partial charge < -0.3 is 4.90 Å². The zero-order chi connectivity index (χ0) is 14.8. The number of amides is 1. The van der Waals surface area contributed by atoms with Crippen LogP contribution in [-0.4, -0.2) is 47.9 Å². The van der Waals surface area contributed by atoms with Crippen molar-refractivity contribution in [2.45, 2.75) is 32.0 Å². The van der Waals surface area contributed by atoms with E-state index in [0.29, 0.717) is 17.6 Å². The smallest absolute Gasteiger partial charge is 0.238 e. The molecule has 2 saturated heterocycles. The summed E-state index contributed by atoms with van der Waals surface area (Å²) in [5.41, 5.74) is 1.06. The average Bonchev–Trinajstić information content (AvgIpc) is 3.10. The Labute approximate surface area is 131 Å². The van der Waals surface area contributed by atoms with E-state index in [1.165, 1.54) is 12.8 Å². The van der Waals surface area contributed by atoms with Gasteiger partial charge in [-0.2, -0.15) is 0 Å². The number of carbonyl (C=O) groups is 1. The molecule has 5 heteroatoms. The SMILES string of the molecule is CC(CN1C(=O)CNC1c1cccc(Cl)c1)N1CCCC1. The highest BCUT2D eigenvalue weighted by Crippen LogP contribution is 2.26. The summed E-state index contributed by atoms with van der Waals surface area (Å²) in [5.74, 6) is 0.172. The molecule has 2 atom stereocenters. The van der Waals surface area contributed by atoms with Gasteiger partial charge in [0.1, 0.15) is 6.17 Å². The Balaban J connectivity index is 1.73. The van der Waals surface area contributed by atoms with Crippen LogP contribution in [-0.2, 0) is 4.79 Å². The third-order valence-electron chi connectivity index (χ3n) is 4.47. The van der Waals surface area contributed by atoms with E-state index in [9.17, 15) is 4.79 Å². The van der Waals surface area contributed by atoms with Gasteiger partial charge in [0.15, 0.2) is 0 Å². The lowest BCUT2D eigenvalue weighted by Crippen LogP contribution is -2.43. The van der Waals surface area contributed by atoms with Crippen LogP contribution in [0.2, 0.25) is 5.02 Å². The maximum Gasteiger partial charge on any atom is 0.238 e. The fourth-order valence-electron chi connectivity index (χ4n) is 3.30. The van der Waals surface area contributed by atoms with E-state index >= 15 is 0 Å². The van der Waals surface area contributed by atoms with Crippen molar-refractivity contribution in [3.05, 3.63) is 34.9 Å². The molecule has 114 valence electrons. The van der Waals surface area contributed by atoms with Crippen molar-refractivity contribution in [2.75, 3.05) is 26.2 Å². The van der Waals surface area contributed by atoms with Gasteiger partial charge in [-0.05, 0) is 50.6 Å². The molecular formula is C16H22ClN3O. The van der Waals surface area contributed by atoms with Gasteiger partial charge in [0.05, 0.1) is 6.54 Å². The number of nitrogens with zero attached hydrogens (tertiary/aromatic N) is 2. The van der Waals surface area contributed by atoms with Crippen molar-refractivity contribution in [3.8, 4) is 0 Å². The van der Waals surface area contributed by atoms with E-state index in [4.69, 9.17) is 11.6 Å². The van der Waals surface area contributed by atoms with Gasteiger partial charge in [-0.15, -0.1) is 0 Å². The second kappa shape index (κ2) is 6.34. The van der Waals surface area contributed by atoms with E-state index in [1.54, 1.807) is 0 Å². The van der Waals surface area contributed by atoms with Crippen LogP contribution in [0.1, 0.15) is 31.5 Å². The molecule has 0 spiro atoms. The Morgan fingerprint density at radius 2 is 2.14 bits per heavy atom. The van der Waals surface area contributed by atoms with Crippen LogP contribution in [0.4, 0.5) is 0 Å². The van der Waals surface area contributed by atoms with Crippen LogP contribution in [0.25, 0.3) is 0 Å². The fraction of sp³-hybridized carbons (Fsp3) is 0.562. The van der Waals surface area contributed by atoms with Crippen LogP contribution in [0.3, 0.4) is 0 Å². The van der Waals surface area contributed by atoms with Gasteiger partial charge in [-0.3, -0.25) is 15.0 Å². The fourth-order valence-corrected chi connectivity index (χ4v) is 3.50. The predicted octanol–water partition coefficient (Wildman–Crippen LogP) is 2.25. The Kier molecular flexibility index (Phi) is 4.48. The summed E-state index contributed by atoms with van der Waals surface area (Å²) in [5, 5.41) is 4.00. The first-order chi connectivity index (χ1) is 10.1. The molecule has 21 heavy (non-hydrogen) atoms. The Hall–Kier alpha value is -1.10. The molecule has 0 bridgehead atoms. The summed E-state index contributed by atoms with van der Waals surface area (Å²) < 4.78 is 0. The Bertz CT molecular complexity index is 516. The number of hydrogen-bond acceptors (Lipinski definition) is 3. The number of halogens is 1. The number of carbonyl (C=O) groups excluding carboxylic acids is 1. The minimum Gasteiger partial charge on any atom is -0.320 e. The summed E-state index contributed by atoms with van der Waals surface area (Å²) in [6, 6.07) is 8.16. The highest BCUT2D eigenvalue weighted by molar-refractivity contribution is 6.30. The minimum absolute atomic E-state index is 0.0544. The van der Waals surface area contributed by atoms with E-state index in [-0.39, 0.29) is 12.1 Å². The summed E-state index contributed by atoms with van der Waals surface area (Å²) >= 11 is 6.08. The van der Waals surface area contributed by atoms with Crippen molar-refractivity contribution in [1.82, 2.24) is 15.1 Å². The van der Waals surface area contributed by atoms with Gasteiger partial charge in [-0.1, -0.05) is 23.7 Å². The van der Waals surface area contributed by atoms with Gasteiger partial charge >= 0.3 is 0 Å². The van der Waals surface area contributed by atoms with Crippen molar-refractivity contribution in [2.24, 2.45) is 0 Å². The molecule has 1 aromatic carbocycles. The number of rotatable bonds is 4. The molecule has 0 radical (unpaired) electrons. The Morgan fingerprint density at radius 1 is 1.38 bits per heavy atom. The van der Waals surface area contributed by atoms with Gasteiger partial charge in [0.2, 0.25) is 5.91 Å². The topological polar surface area (TPSA) is 35.6 Å². The highest BCUT2D eigenvalue weighted by Gasteiger charge is 2.33. The largest absolute Gasteiger partial charge is 0.320 e. The first-order valence-electron chi connectivity index (χ1n) is 7.67. The summed E-state index contributed by atoms with van der Waals surface area (Å²) in [7, 11) is 0. The predicted molar refractivity (Wildman–Crippen MR) is 84.2 cm³/mol. The third-order valence-corrected chi connectivity index (χ3v) is 4.70. The lowest BCUT2D eigenvalue weighted by atomic mass is 10.1. The van der Waals surface area contributed by atoms with E-state index in [2.05, 4.69) is 17.1 Å². The standard InChI is InChI=1S/C16H22ClN3O/c1-12(19-7-2-3-8-19)11-20-15(21)10-18-16(20)13-5-4-6-14(17)9-13/h4-6,9,12,16,18H,2-3,7-8,10-11H2,1H3. The molecule has 2 aliphatic rings. The number of hydrogen-bond donors (Lipinski definition) is 1. The highest BCUT2D eigenvalue weighted by atomic mass is 35.5. The number of nitrogens with one attached hydrogen (secondary N) is 1. The summed E-state index contributed by atoms with van der Waals surface area (Å²) in [4.78, 5) is 16.6. The molecule has 2 heterocycles. The second-order valence-electron chi connectivity index (χ2n) is 5.98. The van der Waals surface area contributed by atoms with Crippen molar-refractivity contribution >= 4 is 17.5 Å². The average molecular weight is 308 g/mol. The first-order valence-corrected chi connectivity index (χ1v) is 8.05. The minimum atomic E-state index is -0.0544. The first kappa shape index (κ1) is 14.8. The van der Waals surface area contributed by atoms with Crippen LogP contribution < -0.4 is 5.32 Å². The van der Waals surface area contributed by atoms with E-state index < -0.39 is 0 Å². The van der Waals surface area contributed by atoms with Crippen molar-refractivity contribution < 1.29 is 4.79 Å². The summed E-state index contributed by atoms with van der Waals surface area (Å²) in [6.07, 6.45) is 2.49. The van der Waals surface area contributed by atoms with Crippen LogP contribution >= 0.6 is 11.6 Å². The molecule has 0 aliphatic carbocycles. The number of benzene rings is 1. The molecule has 0 aromatic heterocycles. The monoisotopic (exact) mass is 307 g/mol. The third kappa shape index (κ3) is 3.23. The molecule has 0 saturated carbocycles. The van der Waals surface area contributed by atoms with Crippen molar-refractivity contribution in [3.63, 3.8) is 0 Å². The zero-order valence-corrected chi connectivity index (χ0v) is 13.1. The molecule has 2 unspecified atom stereocenters. The Morgan fingerprint density at radius 3 is 2.86 bits per heavy atom. The molecule has 2 fully saturated rings. The van der Waals surface area contributed by atoms with Crippen molar-refractivity contribution in [1.29, 1.82) is 0 Å². The molecule has 1 amide bonds. The second-order valence-corrected chi connectivity index (χ2v) is 6.41. The van der Waals surface area contributed by atoms with Gasteiger partial charge in [0.25, 0.3) is 0 Å². The van der Waals surface area contributed by atoms with Gasteiger partial charge in [-0.25, -0.2) is 0 Å². The number of likely N-dealkylation sites (tertiary alicyclic amines) is 1. The molecule has 1 N–H and O–H groups in total. The van der Waals surface area contributed by atoms with E-state index in [1.807, 2.05) is 29.2 Å². The maximum absolute atomic E-state index is 12.2. The lowest BCUT2D eigenvalue weighted by molar-refractivity contribution is -0.128. The maximum atomic E-state index is 12.2.